The minimum atomic E-state index is -0.107. The quantitative estimate of drug-likeness (QED) is 0.276. The average Bonchev–Trinajstić information content (AvgIpc) is 2.69. The van der Waals surface area contributed by atoms with Gasteiger partial charge in [0.05, 0.1) is 7.11 Å². The molecule has 158 valence electrons. The number of rotatable bonds is 8. The van der Waals surface area contributed by atoms with Crippen molar-refractivity contribution < 1.29 is 9.53 Å². The van der Waals surface area contributed by atoms with Crippen LogP contribution in [0.2, 0.25) is 5.02 Å². The summed E-state index contributed by atoms with van der Waals surface area (Å²) in [5.41, 5.74) is 2.07. The highest BCUT2D eigenvalue weighted by molar-refractivity contribution is 14.0. The Hall–Kier alpha value is -2.07. The number of benzene rings is 1. The molecule has 3 N–H and O–H groups in total. The van der Waals surface area contributed by atoms with Gasteiger partial charge in [-0.25, -0.2) is 4.98 Å². The molecule has 0 fully saturated rings. The molecule has 0 spiro atoms. The van der Waals surface area contributed by atoms with Crippen LogP contribution in [0.4, 0.5) is 5.82 Å². The van der Waals surface area contributed by atoms with Crippen LogP contribution in [0.1, 0.15) is 17.5 Å². The lowest BCUT2D eigenvalue weighted by molar-refractivity contribution is -0.116. The van der Waals surface area contributed by atoms with Crippen LogP contribution in [0.5, 0.6) is 5.75 Å². The molecule has 0 unspecified atom stereocenters. The van der Waals surface area contributed by atoms with Gasteiger partial charge >= 0.3 is 0 Å². The average molecular weight is 532 g/mol. The van der Waals surface area contributed by atoms with Gasteiger partial charge in [-0.2, -0.15) is 0 Å². The Morgan fingerprint density at radius 1 is 1.21 bits per heavy atom. The molecule has 29 heavy (non-hydrogen) atoms. The SMILES string of the molecule is CN=C(NCCC(=O)Nc1ccc(C)cn1)NCCc1ccc(OC)cc1Cl.I. The van der Waals surface area contributed by atoms with Crippen LogP contribution in [0.15, 0.2) is 41.5 Å². The molecule has 2 rings (SSSR count). The molecule has 0 radical (unpaired) electrons. The zero-order valence-corrected chi connectivity index (χ0v) is 19.9. The van der Waals surface area contributed by atoms with E-state index in [1.54, 1.807) is 32.5 Å². The number of halogens is 2. The minimum absolute atomic E-state index is 0. The van der Waals surface area contributed by atoms with E-state index in [1.165, 1.54) is 0 Å². The zero-order chi connectivity index (χ0) is 20.4. The normalized spacial score (nSPS) is 10.7. The van der Waals surface area contributed by atoms with Crippen molar-refractivity contribution in [3.8, 4) is 5.75 Å². The van der Waals surface area contributed by atoms with E-state index in [2.05, 4.69) is 25.9 Å². The number of methoxy groups -OCH3 is 1. The van der Waals surface area contributed by atoms with Gasteiger partial charge in [0.1, 0.15) is 11.6 Å². The van der Waals surface area contributed by atoms with Gasteiger partial charge in [-0.05, 0) is 42.7 Å². The van der Waals surface area contributed by atoms with Crippen LogP contribution in [-0.2, 0) is 11.2 Å². The molecule has 9 heteroatoms. The number of ether oxygens (including phenoxy) is 1. The van der Waals surface area contributed by atoms with Crippen molar-refractivity contribution in [2.24, 2.45) is 4.99 Å². The van der Waals surface area contributed by atoms with Crippen molar-refractivity contribution in [1.29, 1.82) is 0 Å². The number of hydrogen-bond acceptors (Lipinski definition) is 4. The molecule has 0 aliphatic heterocycles. The van der Waals surface area contributed by atoms with Gasteiger partial charge in [-0.1, -0.05) is 23.7 Å². The summed E-state index contributed by atoms with van der Waals surface area (Å²) < 4.78 is 5.15. The van der Waals surface area contributed by atoms with E-state index in [1.807, 2.05) is 25.1 Å². The third-order valence-electron chi connectivity index (χ3n) is 3.99. The summed E-state index contributed by atoms with van der Waals surface area (Å²) in [6.45, 7) is 3.07. The van der Waals surface area contributed by atoms with Gasteiger partial charge in [0.25, 0.3) is 0 Å². The van der Waals surface area contributed by atoms with E-state index in [0.29, 0.717) is 36.3 Å². The molecule has 1 aromatic carbocycles. The second-order valence-electron chi connectivity index (χ2n) is 6.15. The van der Waals surface area contributed by atoms with Crippen molar-refractivity contribution in [2.45, 2.75) is 19.8 Å². The zero-order valence-electron chi connectivity index (χ0n) is 16.8. The molecule has 2 aromatic rings. The second kappa shape index (κ2) is 13.2. The number of amides is 1. The number of carbonyl (C=O) groups excluding carboxylic acids is 1. The number of pyridine rings is 1. The van der Waals surface area contributed by atoms with Crippen molar-refractivity contribution in [3.05, 3.63) is 52.7 Å². The molecule has 1 amide bonds. The fourth-order valence-electron chi connectivity index (χ4n) is 2.44. The van der Waals surface area contributed by atoms with Crippen LogP contribution in [0, 0.1) is 6.92 Å². The molecule has 0 saturated heterocycles. The molecule has 0 saturated carbocycles. The predicted octanol–water partition coefficient (Wildman–Crippen LogP) is 3.41. The molecule has 0 bridgehead atoms. The highest BCUT2D eigenvalue weighted by atomic mass is 127. The van der Waals surface area contributed by atoms with Crippen molar-refractivity contribution in [2.75, 3.05) is 32.6 Å². The Morgan fingerprint density at radius 3 is 2.59 bits per heavy atom. The number of nitrogens with zero attached hydrogens (tertiary/aromatic N) is 2. The molecule has 0 aliphatic rings. The van der Waals surface area contributed by atoms with Crippen LogP contribution in [0.25, 0.3) is 0 Å². The van der Waals surface area contributed by atoms with Crippen LogP contribution >= 0.6 is 35.6 Å². The third-order valence-corrected chi connectivity index (χ3v) is 4.35. The number of carbonyl (C=O) groups is 1. The maximum atomic E-state index is 12.0. The first-order valence-electron chi connectivity index (χ1n) is 9.01. The van der Waals surface area contributed by atoms with E-state index < -0.39 is 0 Å². The predicted molar refractivity (Wildman–Crippen MR) is 129 cm³/mol. The topological polar surface area (TPSA) is 87.6 Å². The van der Waals surface area contributed by atoms with E-state index in [4.69, 9.17) is 16.3 Å². The van der Waals surface area contributed by atoms with Gasteiger partial charge < -0.3 is 20.7 Å². The fraction of sp³-hybridized carbons (Fsp3) is 0.350. The maximum absolute atomic E-state index is 12.0. The Balaban J connectivity index is 0.00000420. The summed E-state index contributed by atoms with van der Waals surface area (Å²) in [5.74, 6) is 1.81. The summed E-state index contributed by atoms with van der Waals surface area (Å²) in [6, 6.07) is 9.32. The Kier molecular flexibility index (Phi) is 11.4. The highest BCUT2D eigenvalue weighted by Crippen LogP contribution is 2.22. The number of anilines is 1. The Bertz CT molecular complexity index is 815. The summed E-state index contributed by atoms with van der Waals surface area (Å²) in [5, 5.41) is 9.76. The smallest absolute Gasteiger partial charge is 0.227 e. The lowest BCUT2D eigenvalue weighted by Gasteiger charge is -2.12. The number of aryl methyl sites for hydroxylation is 1. The lowest BCUT2D eigenvalue weighted by atomic mass is 10.1. The molecule has 1 aromatic heterocycles. The summed E-state index contributed by atoms with van der Waals surface area (Å²) in [6.07, 6.45) is 2.76. The summed E-state index contributed by atoms with van der Waals surface area (Å²) in [7, 11) is 3.30. The number of guanidine groups is 1. The monoisotopic (exact) mass is 531 g/mol. The first kappa shape index (κ1) is 25.0. The molecule has 0 aliphatic carbocycles. The standard InChI is InChI=1S/C20H26ClN5O2.HI/c1-14-4-7-18(25-13-14)26-19(27)9-11-24-20(22-2)23-10-8-15-5-6-16(28-3)12-17(15)21;/h4-7,12-13H,8-11H2,1-3H3,(H2,22,23,24)(H,25,26,27);1H. The number of aliphatic imine (C=N–C) groups is 1. The minimum Gasteiger partial charge on any atom is -0.497 e. The van der Waals surface area contributed by atoms with Crippen LogP contribution < -0.4 is 20.7 Å². The fourth-order valence-corrected chi connectivity index (χ4v) is 2.70. The maximum Gasteiger partial charge on any atom is 0.227 e. The van der Waals surface area contributed by atoms with Gasteiger partial charge in [0.2, 0.25) is 5.91 Å². The summed E-state index contributed by atoms with van der Waals surface area (Å²) >= 11 is 6.25. The second-order valence-corrected chi connectivity index (χ2v) is 6.56. The largest absolute Gasteiger partial charge is 0.497 e. The molecule has 0 atom stereocenters. The van der Waals surface area contributed by atoms with Crippen molar-refractivity contribution >= 4 is 53.3 Å². The van der Waals surface area contributed by atoms with E-state index in [9.17, 15) is 4.79 Å². The van der Waals surface area contributed by atoms with E-state index >= 15 is 0 Å². The van der Waals surface area contributed by atoms with Gasteiger partial charge in [-0.15, -0.1) is 24.0 Å². The Morgan fingerprint density at radius 2 is 1.97 bits per heavy atom. The van der Waals surface area contributed by atoms with Crippen molar-refractivity contribution in [3.63, 3.8) is 0 Å². The highest BCUT2D eigenvalue weighted by Gasteiger charge is 2.06. The van der Waals surface area contributed by atoms with Crippen LogP contribution in [-0.4, -0.2) is 44.1 Å². The van der Waals surface area contributed by atoms with Crippen LogP contribution in [0.3, 0.4) is 0 Å². The number of hydrogen-bond donors (Lipinski definition) is 3. The number of nitrogens with one attached hydrogen (secondary N) is 3. The first-order chi connectivity index (χ1) is 13.5. The third kappa shape index (κ3) is 8.86. The van der Waals surface area contributed by atoms with E-state index in [-0.39, 0.29) is 29.9 Å². The van der Waals surface area contributed by atoms with Gasteiger partial charge in [-0.3, -0.25) is 9.79 Å². The first-order valence-corrected chi connectivity index (χ1v) is 9.39. The Labute approximate surface area is 193 Å². The molecule has 7 nitrogen and oxygen atoms in total. The molecular formula is C20H27ClIN5O2. The van der Waals surface area contributed by atoms with E-state index in [0.717, 1.165) is 23.3 Å². The van der Waals surface area contributed by atoms with Crippen molar-refractivity contribution in [1.82, 2.24) is 15.6 Å². The van der Waals surface area contributed by atoms with Gasteiger partial charge in [0.15, 0.2) is 5.96 Å². The molecule has 1 heterocycles. The lowest BCUT2D eigenvalue weighted by Crippen LogP contribution is -2.39. The number of aromatic nitrogens is 1. The summed E-state index contributed by atoms with van der Waals surface area (Å²) in [4.78, 5) is 20.3. The molecular weight excluding hydrogens is 505 g/mol. The van der Waals surface area contributed by atoms with Gasteiger partial charge in [0, 0.05) is 37.8 Å².